The molecule has 0 saturated carbocycles. The molecule has 1 atom stereocenters. The fraction of sp³-hybridized carbons (Fsp3) is 0.240. The normalized spacial score (nSPS) is 15.7. The van der Waals surface area contributed by atoms with E-state index >= 15 is 0 Å². The Kier molecular flexibility index (Phi) is 4.70. The molecule has 0 saturated heterocycles. The molecule has 2 aromatic carbocycles. The van der Waals surface area contributed by atoms with Crippen LogP contribution in [0.5, 0.6) is 0 Å². The van der Waals surface area contributed by atoms with E-state index in [2.05, 4.69) is 4.99 Å². The van der Waals surface area contributed by atoms with Crippen LogP contribution in [0.3, 0.4) is 0 Å². The van der Waals surface area contributed by atoms with Gasteiger partial charge in [-0.25, -0.2) is 0 Å². The zero-order chi connectivity index (χ0) is 21.5. The minimum Gasteiger partial charge on any atom is -0.465 e. The molecule has 6 nitrogen and oxygen atoms in total. The van der Waals surface area contributed by atoms with Gasteiger partial charge < -0.3 is 9.15 Å². The summed E-state index contributed by atoms with van der Waals surface area (Å²) < 4.78 is 12.9. The summed E-state index contributed by atoms with van der Waals surface area (Å²) in [7, 11) is 0. The highest BCUT2D eigenvalue weighted by Crippen LogP contribution is 2.35. The number of esters is 1. The fourth-order valence-electron chi connectivity index (χ4n) is 4.45. The third-order valence-corrected chi connectivity index (χ3v) is 5.84. The standard InChI is InChI=1S/C25H22N2O4/c1-3-30-25(29)19-14-26-13-12-18-17-9-4-6-10-20(17)27(22(18)19)24(28)23-15(2)16-8-5-7-11-21(16)31-23/h4-11,14,19H,3,12-13H2,1-2H3. The molecule has 5 rings (SSSR count). The Bertz CT molecular complexity index is 1360. The van der Waals surface area contributed by atoms with E-state index in [0.717, 1.165) is 27.4 Å². The first kappa shape index (κ1) is 19.3. The van der Waals surface area contributed by atoms with E-state index in [4.69, 9.17) is 9.15 Å². The van der Waals surface area contributed by atoms with Gasteiger partial charge in [0.05, 0.1) is 17.8 Å². The predicted molar refractivity (Wildman–Crippen MR) is 119 cm³/mol. The zero-order valence-electron chi connectivity index (χ0n) is 17.4. The molecule has 2 aromatic heterocycles. The van der Waals surface area contributed by atoms with Crippen molar-refractivity contribution >= 4 is 40.0 Å². The van der Waals surface area contributed by atoms with E-state index in [1.807, 2.05) is 55.5 Å². The molecule has 0 fully saturated rings. The molecular weight excluding hydrogens is 392 g/mol. The lowest BCUT2D eigenvalue weighted by molar-refractivity contribution is -0.143. The molecule has 0 amide bonds. The molecular formula is C25H22N2O4. The molecule has 1 unspecified atom stereocenters. The van der Waals surface area contributed by atoms with Crippen LogP contribution in [-0.2, 0) is 16.0 Å². The summed E-state index contributed by atoms with van der Waals surface area (Å²) in [5.41, 5.74) is 3.76. The zero-order valence-corrected chi connectivity index (χ0v) is 17.4. The van der Waals surface area contributed by atoms with Crippen LogP contribution in [-0.4, -0.2) is 35.8 Å². The number of ether oxygens (including phenoxy) is 1. The second-order valence-electron chi connectivity index (χ2n) is 7.61. The number of hydrogen-bond acceptors (Lipinski definition) is 5. The molecule has 0 radical (unpaired) electrons. The number of benzene rings is 2. The number of carbonyl (C=O) groups is 2. The molecule has 4 aromatic rings. The number of para-hydroxylation sites is 2. The highest BCUT2D eigenvalue weighted by Gasteiger charge is 2.34. The SMILES string of the molecule is CCOC(=O)C1C=NCCc2c1n(C(=O)c1oc3ccccc3c1C)c1ccccc21. The van der Waals surface area contributed by atoms with Crippen molar-refractivity contribution in [3.8, 4) is 0 Å². The minimum absolute atomic E-state index is 0.259. The molecule has 6 heteroatoms. The molecule has 0 aliphatic carbocycles. The molecule has 0 spiro atoms. The Morgan fingerprint density at radius 1 is 1.13 bits per heavy atom. The van der Waals surface area contributed by atoms with E-state index in [-0.39, 0.29) is 18.3 Å². The van der Waals surface area contributed by atoms with Crippen LogP contribution in [0.15, 0.2) is 57.9 Å². The van der Waals surface area contributed by atoms with E-state index in [1.54, 1.807) is 17.7 Å². The fourth-order valence-corrected chi connectivity index (χ4v) is 4.45. The van der Waals surface area contributed by atoms with Crippen LogP contribution < -0.4 is 0 Å². The molecule has 0 N–H and O–H groups in total. The first-order chi connectivity index (χ1) is 15.1. The van der Waals surface area contributed by atoms with Gasteiger partial charge in [-0.1, -0.05) is 36.4 Å². The van der Waals surface area contributed by atoms with Gasteiger partial charge in [-0.15, -0.1) is 0 Å². The van der Waals surface area contributed by atoms with E-state index in [1.165, 1.54) is 0 Å². The highest BCUT2D eigenvalue weighted by atomic mass is 16.5. The van der Waals surface area contributed by atoms with E-state index < -0.39 is 11.9 Å². The van der Waals surface area contributed by atoms with Crippen molar-refractivity contribution in [1.82, 2.24) is 4.57 Å². The Labute approximate surface area is 179 Å². The van der Waals surface area contributed by atoms with Crippen LogP contribution in [0.2, 0.25) is 0 Å². The monoisotopic (exact) mass is 414 g/mol. The number of furan rings is 1. The van der Waals surface area contributed by atoms with Crippen LogP contribution in [0, 0.1) is 6.92 Å². The maximum absolute atomic E-state index is 13.9. The number of nitrogens with zero attached hydrogens (tertiary/aromatic N) is 2. The van der Waals surface area contributed by atoms with E-state index in [9.17, 15) is 9.59 Å². The summed E-state index contributed by atoms with van der Waals surface area (Å²) in [6, 6.07) is 15.3. The van der Waals surface area contributed by atoms with Crippen LogP contribution in [0.1, 0.15) is 40.2 Å². The van der Waals surface area contributed by atoms with Gasteiger partial charge in [0.15, 0.2) is 5.76 Å². The lowest BCUT2D eigenvalue weighted by atomic mass is 10.00. The van der Waals surface area contributed by atoms with E-state index in [0.29, 0.717) is 24.2 Å². The highest BCUT2D eigenvalue weighted by molar-refractivity contribution is 6.08. The summed E-state index contributed by atoms with van der Waals surface area (Å²) >= 11 is 0. The number of aliphatic imine (C=N–C) groups is 1. The Hall–Kier alpha value is -3.67. The average Bonchev–Trinajstić information content (AvgIpc) is 3.19. The second kappa shape index (κ2) is 7.54. The lowest BCUT2D eigenvalue weighted by Gasteiger charge is -2.15. The number of hydrogen-bond donors (Lipinski definition) is 0. The second-order valence-corrected chi connectivity index (χ2v) is 7.61. The molecule has 1 aliphatic heterocycles. The van der Waals surface area contributed by atoms with Crippen LogP contribution in [0.4, 0.5) is 0 Å². The molecule has 3 heterocycles. The number of carbonyl (C=O) groups excluding carboxylic acids is 2. The summed E-state index contributed by atoms with van der Waals surface area (Å²) in [4.78, 5) is 31.1. The minimum atomic E-state index is -0.751. The van der Waals surface area contributed by atoms with Crippen molar-refractivity contribution in [2.75, 3.05) is 13.2 Å². The van der Waals surface area contributed by atoms with Gasteiger partial charge in [-0.05, 0) is 38.0 Å². The van der Waals surface area contributed by atoms with Crippen molar-refractivity contribution in [1.29, 1.82) is 0 Å². The Morgan fingerprint density at radius 2 is 1.87 bits per heavy atom. The van der Waals surface area contributed by atoms with Gasteiger partial charge in [0, 0.05) is 29.1 Å². The summed E-state index contributed by atoms with van der Waals surface area (Å²) in [6.45, 7) is 4.46. The third-order valence-electron chi connectivity index (χ3n) is 5.84. The Balaban J connectivity index is 1.78. The number of fused-ring (bicyclic) bond motifs is 4. The maximum atomic E-state index is 13.9. The Morgan fingerprint density at radius 3 is 2.65 bits per heavy atom. The van der Waals surface area contributed by atoms with Gasteiger partial charge in [-0.2, -0.15) is 0 Å². The van der Waals surface area contributed by atoms with Crippen molar-refractivity contribution in [3.63, 3.8) is 0 Å². The quantitative estimate of drug-likeness (QED) is 0.457. The van der Waals surface area contributed by atoms with Gasteiger partial charge in [0.1, 0.15) is 11.5 Å². The lowest BCUT2D eigenvalue weighted by Crippen LogP contribution is -2.24. The van der Waals surface area contributed by atoms with Crippen LogP contribution >= 0.6 is 0 Å². The third kappa shape index (κ3) is 2.98. The van der Waals surface area contributed by atoms with Gasteiger partial charge in [0.2, 0.25) is 0 Å². The summed E-state index contributed by atoms with van der Waals surface area (Å²) in [5, 5.41) is 1.84. The average molecular weight is 414 g/mol. The van der Waals surface area contributed by atoms with Crippen LogP contribution in [0.25, 0.3) is 21.9 Å². The van der Waals surface area contributed by atoms with Crippen molar-refractivity contribution in [3.05, 3.63) is 71.1 Å². The molecule has 0 bridgehead atoms. The van der Waals surface area contributed by atoms with Gasteiger partial charge in [0.25, 0.3) is 5.91 Å². The molecule has 1 aliphatic rings. The largest absolute Gasteiger partial charge is 0.465 e. The number of aromatic nitrogens is 1. The van der Waals surface area contributed by atoms with Crippen molar-refractivity contribution < 1.29 is 18.7 Å². The number of aryl methyl sites for hydroxylation is 1. The summed E-state index contributed by atoms with van der Waals surface area (Å²) in [6.07, 6.45) is 2.25. The molecule has 31 heavy (non-hydrogen) atoms. The first-order valence-corrected chi connectivity index (χ1v) is 10.4. The topological polar surface area (TPSA) is 73.8 Å². The van der Waals surface area contributed by atoms with Gasteiger partial charge >= 0.3 is 5.97 Å². The predicted octanol–water partition coefficient (Wildman–Crippen LogP) is 4.66. The van der Waals surface area contributed by atoms with Crippen molar-refractivity contribution in [2.45, 2.75) is 26.2 Å². The van der Waals surface area contributed by atoms with Gasteiger partial charge in [-0.3, -0.25) is 19.1 Å². The van der Waals surface area contributed by atoms with Crippen molar-refractivity contribution in [2.24, 2.45) is 4.99 Å². The summed E-state index contributed by atoms with van der Waals surface area (Å²) in [5.74, 6) is -1.18. The first-order valence-electron chi connectivity index (χ1n) is 10.4. The number of rotatable bonds is 3. The molecule has 156 valence electrons. The smallest absolute Gasteiger partial charge is 0.320 e. The maximum Gasteiger partial charge on any atom is 0.320 e.